The molecule has 0 radical (unpaired) electrons. The van der Waals surface area contributed by atoms with Crippen molar-refractivity contribution >= 4 is 5.91 Å². The summed E-state index contributed by atoms with van der Waals surface area (Å²) in [5.74, 6) is 3.38. The number of ether oxygens (including phenoxy) is 1. The number of hydrogen-bond donors (Lipinski definition) is 0. The first kappa shape index (κ1) is 17.1. The fourth-order valence-electron chi connectivity index (χ4n) is 4.21. The van der Waals surface area contributed by atoms with Gasteiger partial charge in [0.2, 0.25) is 11.7 Å². The Morgan fingerprint density at radius 1 is 1.19 bits per heavy atom. The number of aryl methyl sites for hydroxylation is 1. The molecule has 0 N–H and O–H groups in total. The topological polar surface area (TPSA) is 68.5 Å². The average Bonchev–Trinajstić information content (AvgIpc) is 3.11. The lowest BCUT2D eigenvalue weighted by Crippen LogP contribution is -2.44. The molecule has 2 aromatic rings. The van der Waals surface area contributed by atoms with Crippen molar-refractivity contribution in [2.24, 2.45) is 11.8 Å². The summed E-state index contributed by atoms with van der Waals surface area (Å²) in [6, 6.07) is 7.33. The van der Waals surface area contributed by atoms with Crippen LogP contribution in [0.1, 0.15) is 54.2 Å². The smallest absolute Gasteiger partial charge is 0.253 e. The monoisotopic (exact) mass is 355 g/mol. The lowest BCUT2D eigenvalue weighted by molar-refractivity contribution is 0.0521. The van der Waals surface area contributed by atoms with Crippen LogP contribution in [0.2, 0.25) is 0 Å². The summed E-state index contributed by atoms with van der Waals surface area (Å²) < 4.78 is 10.6. The largest absolute Gasteiger partial charge is 0.485 e. The number of likely N-dealkylation sites (tertiary alicyclic amines) is 1. The van der Waals surface area contributed by atoms with Crippen molar-refractivity contribution in [3.05, 3.63) is 41.5 Å². The lowest BCUT2D eigenvalue weighted by Gasteiger charge is -2.41. The summed E-state index contributed by atoms with van der Waals surface area (Å²) in [5.41, 5.74) is 0.724. The van der Waals surface area contributed by atoms with Crippen LogP contribution in [0.15, 0.2) is 28.8 Å². The van der Waals surface area contributed by atoms with Gasteiger partial charge in [-0.05, 0) is 48.9 Å². The second-order valence-electron chi connectivity index (χ2n) is 7.39. The number of amides is 1. The van der Waals surface area contributed by atoms with Gasteiger partial charge in [-0.25, -0.2) is 0 Å². The summed E-state index contributed by atoms with van der Waals surface area (Å²) in [7, 11) is 0. The van der Waals surface area contributed by atoms with Crippen LogP contribution in [-0.4, -0.2) is 34.0 Å². The van der Waals surface area contributed by atoms with E-state index in [1.807, 2.05) is 29.2 Å². The molecule has 2 heterocycles. The Balaban J connectivity index is 1.34. The van der Waals surface area contributed by atoms with Gasteiger partial charge in [-0.3, -0.25) is 4.79 Å². The number of nitrogens with zero attached hydrogens (tertiary/aromatic N) is 3. The van der Waals surface area contributed by atoms with Crippen molar-refractivity contribution in [3.63, 3.8) is 0 Å². The summed E-state index contributed by atoms with van der Waals surface area (Å²) in [6.45, 7) is 3.79. The van der Waals surface area contributed by atoms with Crippen molar-refractivity contribution in [1.82, 2.24) is 15.0 Å². The van der Waals surface area contributed by atoms with Crippen LogP contribution >= 0.6 is 0 Å². The van der Waals surface area contributed by atoms with Crippen molar-refractivity contribution < 1.29 is 14.1 Å². The van der Waals surface area contributed by atoms with Crippen LogP contribution < -0.4 is 4.74 Å². The number of carbonyl (C=O) groups is 1. The highest BCUT2D eigenvalue weighted by Gasteiger charge is 2.33. The van der Waals surface area contributed by atoms with Crippen LogP contribution in [-0.2, 0) is 6.61 Å². The lowest BCUT2D eigenvalue weighted by atomic mass is 9.75. The number of hydrogen-bond acceptors (Lipinski definition) is 5. The highest BCUT2D eigenvalue weighted by atomic mass is 16.5. The fourth-order valence-corrected chi connectivity index (χ4v) is 4.21. The molecule has 1 aliphatic heterocycles. The SMILES string of the molecule is Cc1nc(COc2ccc(C(=O)N3CC[C@H]4CCCC[C@@H]4C3)cc2)no1. The second kappa shape index (κ2) is 7.48. The van der Waals surface area contributed by atoms with Crippen LogP contribution in [0.3, 0.4) is 0 Å². The van der Waals surface area contributed by atoms with E-state index in [2.05, 4.69) is 10.1 Å². The van der Waals surface area contributed by atoms with Gasteiger partial charge in [0.1, 0.15) is 5.75 Å². The molecule has 0 bridgehead atoms. The predicted octanol–water partition coefficient (Wildman–Crippen LogP) is 3.61. The van der Waals surface area contributed by atoms with Crippen molar-refractivity contribution in [1.29, 1.82) is 0 Å². The number of carbonyl (C=O) groups excluding carboxylic acids is 1. The minimum atomic E-state index is 0.134. The van der Waals surface area contributed by atoms with E-state index in [4.69, 9.17) is 9.26 Å². The zero-order valence-electron chi connectivity index (χ0n) is 15.2. The third kappa shape index (κ3) is 3.74. The Morgan fingerprint density at radius 2 is 1.96 bits per heavy atom. The Kier molecular flexibility index (Phi) is 4.91. The van der Waals surface area contributed by atoms with Crippen LogP contribution in [0.5, 0.6) is 5.75 Å². The molecule has 2 aliphatic rings. The molecule has 26 heavy (non-hydrogen) atoms. The number of benzene rings is 1. The maximum atomic E-state index is 12.8. The first-order valence-corrected chi connectivity index (χ1v) is 9.50. The first-order valence-electron chi connectivity index (χ1n) is 9.50. The van der Waals surface area contributed by atoms with Crippen LogP contribution in [0, 0.1) is 18.8 Å². The van der Waals surface area contributed by atoms with E-state index in [1.165, 1.54) is 25.7 Å². The zero-order valence-corrected chi connectivity index (χ0v) is 15.2. The Bertz CT molecular complexity index is 756. The maximum absolute atomic E-state index is 12.8. The molecule has 6 nitrogen and oxygen atoms in total. The van der Waals surface area contributed by atoms with Crippen molar-refractivity contribution in [3.8, 4) is 5.75 Å². The highest BCUT2D eigenvalue weighted by Crippen LogP contribution is 2.36. The molecule has 0 unspecified atom stereocenters. The third-order valence-electron chi connectivity index (χ3n) is 5.62. The summed E-state index contributed by atoms with van der Waals surface area (Å²) in [5, 5.41) is 3.80. The van der Waals surface area contributed by atoms with Gasteiger partial charge in [0.05, 0.1) is 0 Å². The maximum Gasteiger partial charge on any atom is 0.253 e. The van der Waals surface area contributed by atoms with Crippen molar-refractivity contribution in [2.75, 3.05) is 13.1 Å². The van der Waals surface area contributed by atoms with E-state index in [-0.39, 0.29) is 12.5 Å². The Hall–Kier alpha value is -2.37. The number of aromatic nitrogens is 2. The molecule has 2 atom stereocenters. The van der Waals surface area contributed by atoms with E-state index < -0.39 is 0 Å². The molecule has 138 valence electrons. The molecule has 1 aromatic carbocycles. The van der Waals surface area contributed by atoms with Crippen molar-refractivity contribution in [2.45, 2.75) is 45.6 Å². The quantitative estimate of drug-likeness (QED) is 0.838. The second-order valence-corrected chi connectivity index (χ2v) is 7.39. The Labute approximate surface area is 153 Å². The molecular formula is C20H25N3O3. The predicted molar refractivity (Wildman–Crippen MR) is 95.8 cm³/mol. The van der Waals surface area contributed by atoms with E-state index in [0.717, 1.165) is 31.0 Å². The van der Waals surface area contributed by atoms with Gasteiger partial charge in [0, 0.05) is 25.6 Å². The molecule has 1 amide bonds. The summed E-state index contributed by atoms with van der Waals surface area (Å²) in [6.07, 6.45) is 6.45. The van der Waals surface area contributed by atoms with E-state index in [9.17, 15) is 4.79 Å². The van der Waals surface area contributed by atoms with Gasteiger partial charge in [-0.15, -0.1) is 0 Å². The standard InChI is InChI=1S/C20H25N3O3/c1-14-21-19(22-26-14)13-25-18-8-6-16(7-9-18)20(24)23-11-10-15-4-2-3-5-17(15)12-23/h6-9,15,17H,2-5,10-13H2,1H3/t15-,17-/m1/s1. The van der Waals surface area contributed by atoms with E-state index >= 15 is 0 Å². The average molecular weight is 355 g/mol. The highest BCUT2D eigenvalue weighted by molar-refractivity contribution is 5.94. The number of piperidine rings is 1. The van der Waals surface area contributed by atoms with Gasteiger partial charge in [-0.2, -0.15) is 4.98 Å². The molecule has 1 saturated heterocycles. The van der Waals surface area contributed by atoms with Crippen LogP contribution in [0.25, 0.3) is 0 Å². The molecular weight excluding hydrogens is 330 g/mol. The minimum Gasteiger partial charge on any atom is -0.485 e. The van der Waals surface area contributed by atoms with Gasteiger partial charge in [0.15, 0.2) is 6.61 Å². The molecule has 2 fully saturated rings. The first-order chi connectivity index (χ1) is 12.7. The summed E-state index contributed by atoms with van der Waals surface area (Å²) in [4.78, 5) is 19.0. The van der Waals surface area contributed by atoms with E-state index in [0.29, 0.717) is 23.4 Å². The third-order valence-corrected chi connectivity index (χ3v) is 5.62. The normalized spacial score (nSPS) is 22.7. The zero-order chi connectivity index (χ0) is 17.9. The number of fused-ring (bicyclic) bond motifs is 1. The molecule has 1 aliphatic carbocycles. The summed E-state index contributed by atoms with van der Waals surface area (Å²) >= 11 is 0. The molecule has 0 spiro atoms. The van der Waals surface area contributed by atoms with E-state index in [1.54, 1.807) is 6.92 Å². The van der Waals surface area contributed by atoms with Gasteiger partial charge < -0.3 is 14.2 Å². The number of rotatable bonds is 4. The van der Waals surface area contributed by atoms with Gasteiger partial charge in [0.25, 0.3) is 5.91 Å². The molecule has 1 saturated carbocycles. The fraction of sp³-hybridized carbons (Fsp3) is 0.550. The molecule has 1 aromatic heterocycles. The Morgan fingerprint density at radius 3 is 2.69 bits per heavy atom. The minimum absolute atomic E-state index is 0.134. The molecule has 6 heteroatoms. The van der Waals surface area contributed by atoms with Gasteiger partial charge >= 0.3 is 0 Å². The van der Waals surface area contributed by atoms with Crippen LogP contribution in [0.4, 0.5) is 0 Å². The molecule has 4 rings (SSSR count). The van der Waals surface area contributed by atoms with Gasteiger partial charge in [-0.1, -0.05) is 24.4 Å².